The van der Waals surface area contributed by atoms with Crippen molar-refractivity contribution < 1.29 is 0 Å². The molecule has 2 aromatic heterocycles. The fourth-order valence-corrected chi connectivity index (χ4v) is 1.70. The number of hydrogen-bond acceptors (Lipinski definition) is 4. The molecule has 1 N–H and O–H groups in total. The van der Waals surface area contributed by atoms with Crippen molar-refractivity contribution >= 4 is 0 Å². The van der Waals surface area contributed by atoms with Gasteiger partial charge in [-0.25, -0.2) is 0 Å². The molecular formula is C13H19N5. The molecule has 0 radical (unpaired) electrons. The molecule has 5 nitrogen and oxygen atoms in total. The third-order valence-electron chi connectivity index (χ3n) is 2.64. The Labute approximate surface area is 107 Å². The number of aromatic nitrogens is 4. The molecule has 2 heterocycles. The molecule has 0 saturated heterocycles. The normalized spacial score (nSPS) is 10.7. The molecule has 0 spiro atoms. The van der Waals surface area contributed by atoms with Crippen LogP contribution in [0.15, 0.2) is 30.6 Å². The van der Waals surface area contributed by atoms with Crippen molar-refractivity contribution in [2.45, 2.75) is 32.9 Å². The van der Waals surface area contributed by atoms with Crippen molar-refractivity contribution in [2.75, 3.05) is 6.54 Å². The second-order valence-electron chi connectivity index (χ2n) is 4.22. The standard InChI is InChI=1S/C13H19N5/c1-2-7-14-10-13-11-18(17-16-13)9-6-12-5-3-4-8-15-12/h3-5,8,11,14H,2,6-7,9-10H2,1H3. The summed E-state index contributed by atoms with van der Waals surface area (Å²) in [5.41, 5.74) is 2.07. The smallest absolute Gasteiger partial charge is 0.0964 e. The first-order valence-electron chi connectivity index (χ1n) is 6.38. The van der Waals surface area contributed by atoms with Crippen molar-refractivity contribution in [3.05, 3.63) is 42.0 Å². The lowest BCUT2D eigenvalue weighted by Crippen LogP contribution is -2.13. The minimum absolute atomic E-state index is 0.789. The summed E-state index contributed by atoms with van der Waals surface area (Å²) in [6.07, 6.45) is 5.82. The monoisotopic (exact) mass is 245 g/mol. The molecule has 0 aromatic carbocycles. The van der Waals surface area contributed by atoms with Crippen molar-refractivity contribution in [1.29, 1.82) is 0 Å². The topological polar surface area (TPSA) is 55.6 Å². The summed E-state index contributed by atoms with van der Waals surface area (Å²) in [6, 6.07) is 5.96. The van der Waals surface area contributed by atoms with Gasteiger partial charge >= 0.3 is 0 Å². The molecule has 96 valence electrons. The van der Waals surface area contributed by atoms with Crippen LogP contribution in [0.25, 0.3) is 0 Å². The van der Waals surface area contributed by atoms with Gasteiger partial charge in [-0.05, 0) is 25.1 Å². The van der Waals surface area contributed by atoms with E-state index in [0.717, 1.165) is 43.9 Å². The zero-order valence-electron chi connectivity index (χ0n) is 10.7. The van der Waals surface area contributed by atoms with Crippen LogP contribution >= 0.6 is 0 Å². The Kier molecular flexibility index (Phi) is 4.84. The van der Waals surface area contributed by atoms with Crippen molar-refractivity contribution in [3.8, 4) is 0 Å². The van der Waals surface area contributed by atoms with Crippen molar-refractivity contribution in [3.63, 3.8) is 0 Å². The van der Waals surface area contributed by atoms with E-state index in [1.165, 1.54) is 0 Å². The van der Waals surface area contributed by atoms with E-state index in [2.05, 4.69) is 27.5 Å². The van der Waals surface area contributed by atoms with E-state index in [1.807, 2.05) is 35.3 Å². The van der Waals surface area contributed by atoms with Crippen LogP contribution in [0.3, 0.4) is 0 Å². The maximum Gasteiger partial charge on any atom is 0.0964 e. The minimum atomic E-state index is 0.789. The highest BCUT2D eigenvalue weighted by Crippen LogP contribution is 1.98. The average Bonchev–Trinajstić information content (AvgIpc) is 2.86. The maximum atomic E-state index is 4.29. The van der Waals surface area contributed by atoms with Gasteiger partial charge in [0.2, 0.25) is 0 Å². The van der Waals surface area contributed by atoms with Crippen LogP contribution in [-0.2, 0) is 19.5 Å². The number of rotatable bonds is 7. The van der Waals surface area contributed by atoms with E-state index in [0.29, 0.717) is 0 Å². The molecule has 0 aliphatic rings. The number of aryl methyl sites for hydroxylation is 2. The van der Waals surface area contributed by atoms with Gasteiger partial charge in [-0.15, -0.1) is 5.10 Å². The minimum Gasteiger partial charge on any atom is -0.311 e. The van der Waals surface area contributed by atoms with E-state index in [-0.39, 0.29) is 0 Å². The predicted molar refractivity (Wildman–Crippen MR) is 70.0 cm³/mol. The van der Waals surface area contributed by atoms with Gasteiger partial charge in [0, 0.05) is 37.6 Å². The summed E-state index contributed by atoms with van der Waals surface area (Å²) < 4.78 is 1.87. The lowest BCUT2D eigenvalue weighted by Gasteiger charge is -2.00. The molecule has 0 amide bonds. The molecule has 18 heavy (non-hydrogen) atoms. The van der Waals surface area contributed by atoms with E-state index < -0.39 is 0 Å². The van der Waals surface area contributed by atoms with Crippen LogP contribution in [-0.4, -0.2) is 26.5 Å². The SMILES string of the molecule is CCCNCc1cn(CCc2ccccn2)nn1. The summed E-state index contributed by atoms with van der Waals surface area (Å²) in [4.78, 5) is 4.29. The first kappa shape index (κ1) is 12.7. The van der Waals surface area contributed by atoms with Crippen LogP contribution in [0.4, 0.5) is 0 Å². The largest absolute Gasteiger partial charge is 0.311 e. The summed E-state index contributed by atoms with van der Waals surface area (Å²) in [5.74, 6) is 0. The third-order valence-corrected chi connectivity index (χ3v) is 2.64. The van der Waals surface area contributed by atoms with Crippen molar-refractivity contribution in [2.24, 2.45) is 0 Å². The molecular weight excluding hydrogens is 226 g/mol. The Balaban J connectivity index is 1.80. The Morgan fingerprint density at radius 1 is 1.28 bits per heavy atom. The molecule has 2 aromatic rings. The van der Waals surface area contributed by atoms with Gasteiger partial charge in [0.15, 0.2) is 0 Å². The average molecular weight is 245 g/mol. The second kappa shape index (κ2) is 6.86. The number of nitrogens with zero attached hydrogens (tertiary/aromatic N) is 4. The maximum absolute atomic E-state index is 4.29. The molecule has 0 bridgehead atoms. The predicted octanol–water partition coefficient (Wildman–Crippen LogP) is 1.42. The zero-order chi connectivity index (χ0) is 12.6. The van der Waals surface area contributed by atoms with Crippen molar-refractivity contribution in [1.82, 2.24) is 25.3 Å². The lowest BCUT2D eigenvalue weighted by molar-refractivity contribution is 0.583. The summed E-state index contributed by atoms with van der Waals surface area (Å²) in [5, 5.41) is 11.5. The van der Waals surface area contributed by atoms with E-state index in [9.17, 15) is 0 Å². The van der Waals surface area contributed by atoms with Gasteiger partial charge in [0.05, 0.1) is 5.69 Å². The summed E-state index contributed by atoms with van der Waals surface area (Å²) in [7, 11) is 0. The summed E-state index contributed by atoms with van der Waals surface area (Å²) in [6.45, 7) is 4.77. The number of hydrogen-bond donors (Lipinski definition) is 1. The second-order valence-corrected chi connectivity index (χ2v) is 4.22. The van der Waals surface area contributed by atoms with Crippen LogP contribution in [0.2, 0.25) is 0 Å². The molecule has 0 atom stereocenters. The Bertz CT molecular complexity index is 451. The van der Waals surface area contributed by atoms with Gasteiger partial charge in [-0.1, -0.05) is 18.2 Å². The highest BCUT2D eigenvalue weighted by Gasteiger charge is 2.00. The van der Waals surface area contributed by atoms with Gasteiger partial charge in [-0.2, -0.15) is 0 Å². The van der Waals surface area contributed by atoms with Crippen LogP contribution in [0.5, 0.6) is 0 Å². The third kappa shape index (κ3) is 3.92. The van der Waals surface area contributed by atoms with E-state index >= 15 is 0 Å². The molecule has 2 rings (SSSR count). The van der Waals surface area contributed by atoms with Gasteiger partial charge < -0.3 is 5.32 Å². The van der Waals surface area contributed by atoms with Gasteiger partial charge in [0.1, 0.15) is 0 Å². The van der Waals surface area contributed by atoms with E-state index in [4.69, 9.17) is 0 Å². The van der Waals surface area contributed by atoms with Crippen LogP contribution in [0.1, 0.15) is 24.7 Å². The Morgan fingerprint density at radius 2 is 2.22 bits per heavy atom. The number of pyridine rings is 1. The zero-order valence-corrected chi connectivity index (χ0v) is 10.7. The molecule has 0 aliphatic carbocycles. The highest BCUT2D eigenvalue weighted by atomic mass is 15.4. The highest BCUT2D eigenvalue weighted by molar-refractivity contribution is 5.03. The number of nitrogens with one attached hydrogen (secondary N) is 1. The Morgan fingerprint density at radius 3 is 3.00 bits per heavy atom. The van der Waals surface area contributed by atoms with Gasteiger partial charge in [-0.3, -0.25) is 9.67 Å². The van der Waals surface area contributed by atoms with E-state index in [1.54, 1.807) is 0 Å². The molecule has 0 aliphatic heterocycles. The van der Waals surface area contributed by atoms with Crippen LogP contribution in [0, 0.1) is 0 Å². The molecule has 0 unspecified atom stereocenters. The van der Waals surface area contributed by atoms with Gasteiger partial charge in [0.25, 0.3) is 0 Å². The first-order valence-corrected chi connectivity index (χ1v) is 6.38. The first-order chi connectivity index (χ1) is 8.88. The van der Waals surface area contributed by atoms with Crippen LogP contribution < -0.4 is 5.32 Å². The molecule has 5 heteroatoms. The summed E-state index contributed by atoms with van der Waals surface area (Å²) >= 11 is 0. The fraction of sp³-hybridized carbons (Fsp3) is 0.462. The quantitative estimate of drug-likeness (QED) is 0.749. The lowest BCUT2D eigenvalue weighted by atomic mass is 10.3. The molecule has 0 fully saturated rings. The Hall–Kier alpha value is -1.75. The molecule has 0 saturated carbocycles. The fourth-order valence-electron chi connectivity index (χ4n) is 1.70.